The molecule has 0 radical (unpaired) electrons. The standard InChI is InChI=1S/C9H18N2/c1-3-11-7-8-4-5-9(11)6-10(8)2/h8-9H,3-7H2,1-2H3/t8-,9-/m1/s1. The van der Waals surface area contributed by atoms with Crippen LogP contribution in [0, 0.1) is 0 Å². The van der Waals surface area contributed by atoms with Crippen molar-refractivity contribution in [1.82, 2.24) is 9.80 Å². The highest BCUT2D eigenvalue weighted by Crippen LogP contribution is 2.26. The zero-order chi connectivity index (χ0) is 7.84. The molecular weight excluding hydrogens is 136 g/mol. The lowest BCUT2D eigenvalue weighted by Gasteiger charge is -2.50. The van der Waals surface area contributed by atoms with Crippen LogP contribution in [0.2, 0.25) is 0 Å². The van der Waals surface area contributed by atoms with Crippen molar-refractivity contribution in [2.75, 3.05) is 26.7 Å². The molecule has 2 bridgehead atoms. The predicted octanol–water partition coefficient (Wildman–Crippen LogP) is 0.785. The van der Waals surface area contributed by atoms with E-state index in [4.69, 9.17) is 0 Å². The lowest BCUT2D eigenvalue weighted by atomic mass is 9.91. The Balaban J connectivity index is 2.04. The summed E-state index contributed by atoms with van der Waals surface area (Å²) < 4.78 is 0. The molecule has 0 aromatic heterocycles. The molecule has 0 amide bonds. The molecule has 2 heteroatoms. The van der Waals surface area contributed by atoms with Crippen molar-refractivity contribution in [3.05, 3.63) is 0 Å². The van der Waals surface area contributed by atoms with Crippen LogP contribution in [-0.4, -0.2) is 48.6 Å². The van der Waals surface area contributed by atoms with Crippen molar-refractivity contribution in [3.63, 3.8) is 0 Å². The smallest absolute Gasteiger partial charge is 0.0224 e. The summed E-state index contributed by atoms with van der Waals surface area (Å²) in [5.74, 6) is 0. The van der Waals surface area contributed by atoms with Gasteiger partial charge in [-0.2, -0.15) is 0 Å². The quantitative estimate of drug-likeness (QED) is 0.551. The molecule has 0 saturated carbocycles. The van der Waals surface area contributed by atoms with Crippen molar-refractivity contribution in [2.45, 2.75) is 31.8 Å². The third-order valence-corrected chi connectivity index (χ3v) is 3.32. The monoisotopic (exact) mass is 154 g/mol. The van der Waals surface area contributed by atoms with E-state index in [1.165, 1.54) is 32.5 Å². The van der Waals surface area contributed by atoms with E-state index in [1.54, 1.807) is 0 Å². The molecule has 2 nitrogen and oxygen atoms in total. The van der Waals surface area contributed by atoms with Gasteiger partial charge in [0.2, 0.25) is 0 Å². The number of likely N-dealkylation sites (N-methyl/N-ethyl adjacent to an activating group) is 2. The molecule has 0 aromatic carbocycles. The molecule has 0 spiro atoms. The van der Waals surface area contributed by atoms with Crippen LogP contribution in [0.1, 0.15) is 19.8 Å². The molecule has 11 heavy (non-hydrogen) atoms. The molecule has 2 atom stereocenters. The molecule has 64 valence electrons. The first-order valence-electron chi connectivity index (χ1n) is 4.75. The molecule has 3 saturated heterocycles. The molecule has 3 heterocycles. The Kier molecular flexibility index (Phi) is 1.90. The third kappa shape index (κ3) is 1.18. The molecule has 0 aliphatic carbocycles. The number of piperidine rings is 2. The molecule has 3 aliphatic heterocycles. The summed E-state index contributed by atoms with van der Waals surface area (Å²) in [4.78, 5) is 5.16. The number of hydrogen-bond donors (Lipinski definition) is 0. The molecule has 0 unspecified atom stereocenters. The van der Waals surface area contributed by atoms with Gasteiger partial charge in [-0.25, -0.2) is 0 Å². The van der Waals surface area contributed by atoms with E-state index in [-0.39, 0.29) is 0 Å². The topological polar surface area (TPSA) is 6.48 Å². The van der Waals surface area contributed by atoms with Crippen LogP contribution in [-0.2, 0) is 0 Å². The highest BCUT2D eigenvalue weighted by Gasteiger charge is 2.35. The van der Waals surface area contributed by atoms with Crippen molar-refractivity contribution < 1.29 is 0 Å². The van der Waals surface area contributed by atoms with Gasteiger partial charge in [-0.05, 0) is 26.4 Å². The van der Waals surface area contributed by atoms with Gasteiger partial charge in [-0.3, -0.25) is 4.90 Å². The Morgan fingerprint density at radius 1 is 1.18 bits per heavy atom. The second-order valence-electron chi connectivity index (χ2n) is 3.91. The lowest BCUT2D eigenvalue weighted by Crippen LogP contribution is -2.61. The van der Waals surface area contributed by atoms with Gasteiger partial charge in [0.25, 0.3) is 0 Å². The largest absolute Gasteiger partial charge is 0.301 e. The van der Waals surface area contributed by atoms with Crippen molar-refractivity contribution in [1.29, 1.82) is 0 Å². The van der Waals surface area contributed by atoms with Crippen LogP contribution in [0.15, 0.2) is 0 Å². The average molecular weight is 154 g/mol. The van der Waals surface area contributed by atoms with Gasteiger partial charge in [0.1, 0.15) is 0 Å². The maximum Gasteiger partial charge on any atom is 0.0224 e. The highest BCUT2D eigenvalue weighted by atomic mass is 15.3. The van der Waals surface area contributed by atoms with E-state index in [1.807, 2.05) is 0 Å². The minimum atomic E-state index is 0.861. The number of fused-ring (bicyclic) bond motifs is 3. The van der Waals surface area contributed by atoms with E-state index in [0.717, 1.165) is 12.1 Å². The van der Waals surface area contributed by atoms with E-state index in [0.29, 0.717) is 0 Å². The molecule has 3 rings (SSSR count). The Morgan fingerprint density at radius 3 is 2.36 bits per heavy atom. The minimum absolute atomic E-state index is 0.861. The van der Waals surface area contributed by atoms with Crippen molar-refractivity contribution in [2.24, 2.45) is 0 Å². The maximum absolute atomic E-state index is 2.63. The van der Waals surface area contributed by atoms with Crippen molar-refractivity contribution >= 4 is 0 Å². The van der Waals surface area contributed by atoms with Crippen LogP contribution in [0.25, 0.3) is 0 Å². The summed E-state index contributed by atoms with van der Waals surface area (Å²) in [6.45, 7) is 6.14. The summed E-state index contributed by atoms with van der Waals surface area (Å²) in [6.07, 6.45) is 2.86. The summed E-state index contributed by atoms with van der Waals surface area (Å²) in [7, 11) is 2.27. The Labute approximate surface area is 69.2 Å². The number of nitrogens with zero attached hydrogens (tertiary/aromatic N) is 2. The second-order valence-corrected chi connectivity index (χ2v) is 3.91. The van der Waals surface area contributed by atoms with Crippen molar-refractivity contribution in [3.8, 4) is 0 Å². The molecule has 0 aromatic rings. The van der Waals surface area contributed by atoms with Crippen LogP contribution >= 0.6 is 0 Å². The summed E-state index contributed by atoms with van der Waals surface area (Å²) in [5.41, 5.74) is 0. The highest BCUT2D eigenvalue weighted by molar-refractivity contribution is 4.92. The maximum atomic E-state index is 2.63. The average Bonchev–Trinajstić information content (AvgIpc) is 2.05. The lowest BCUT2D eigenvalue weighted by molar-refractivity contribution is -0.00301. The first kappa shape index (κ1) is 7.56. The molecule has 0 N–H and O–H groups in total. The number of hydrogen-bond acceptors (Lipinski definition) is 2. The van der Waals surface area contributed by atoms with Gasteiger partial charge in [-0.15, -0.1) is 0 Å². The zero-order valence-electron chi connectivity index (χ0n) is 7.58. The van der Waals surface area contributed by atoms with Crippen LogP contribution in [0.5, 0.6) is 0 Å². The first-order valence-corrected chi connectivity index (χ1v) is 4.75. The van der Waals surface area contributed by atoms with E-state index in [9.17, 15) is 0 Å². The van der Waals surface area contributed by atoms with E-state index in [2.05, 4.69) is 23.8 Å². The molecule has 3 aliphatic rings. The number of rotatable bonds is 1. The first-order chi connectivity index (χ1) is 5.31. The normalized spacial score (nSPS) is 39.8. The third-order valence-electron chi connectivity index (χ3n) is 3.32. The second kappa shape index (κ2) is 2.76. The Hall–Kier alpha value is -0.0800. The van der Waals surface area contributed by atoms with Gasteiger partial charge < -0.3 is 4.90 Å². The summed E-state index contributed by atoms with van der Waals surface area (Å²) in [5, 5.41) is 0. The fourth-order valence-corrected chi connectivity index (χ4v) is 2.51. The van der Waals surface area contributed by atoms with Crippen LogP contribution < -0.4 is 0 Å². The fraction of sp³-hybridized carbons (Fsp3) is 1.00. The van der Waals surface area contributed by atoms with E-state index >= 15 is 0 Å². The van der Waals surface area contributed by atoms with Gasteiger partial charge >= 0.3 is 0 Å². The zero-order valence-corrected chi connectivity index (χ0v) is 7.58. The van der Waals surface area contributed by atoms with Gasteiger partial charge in [0.05, 0.1) is 0 Å². The summed E-state index contributed by atoms with van der Waals surface area (Å²) in [6, 6.07) is 1.73. The molecular formula is C9H18N2. The van der Waals surface area contributed by atoms with E-state index < -0.39 is 0 Å². The van der Waals surface area contributed by atoms with Gasteiger partial charge in [0.15, 0.2) is 0 Å². The number of piperazine rings is 1. The summed E-state index contributed by atoms with van der Waals surface area (Å²) >= 11 is 0. The minimum Gasteiger partial charge on any atom is -0.301 e. The van der Waals surface area contributed by atoms with Crippen LogP contribution in [0.3, 0.4) is 0 Å². The molecule has 3 fully saturated rings. The van der Waals surface area contributed by atoms with Gasteiger partial charge in [0, 0.05) is 25.2 Å². The van der Waals surface area contributed by atoms with Crippen LogP contribution in [0.4, 0.5) is 0 Å². The Bertz CT molecular complexity index is 146. The predicted molar refractivity (Wildman–Crippen MR) is 46.7 cm³/mol. The fourth-order valence-electron chi connectivity index (χ4n) is 2.51. The Morgan fingerprint density at radius 2 is 1.91 bits per heavy atom. The van der Waals surface area contributed by atoms with Gasteiger partial charge in [-0.1, -0.05) is 6.92 Å². The SMILES string of the molecule is CCN1C[C@H]2CC[C@@H]1CN2C.